The summed E-state index contributed by atoms with van der Waals surface area (Å²) < 4.78 is 42.2. The standard InChI is InChI=1S/C38H42N4O6S/c1-23-10-15-34(39-19-23)49(45,46)40-37(43)27-11-13-32-33(18-27)42-22-29(38(44)41-20-24(2)48-25(3)21-41)16-28-17-30(47-4)12-14-31(28)36(42)35(32)26-8-6-5-7-9-26/h10-19,24-26H,5-9,20-22H2,1-4H3,(H,40,43)/t24-,25+. The normalized spacial score (nSPS) is 19.8. The molecule has 0 spiro atoms. The van der Waals surface area contributed by atoms with Crippen molar-refractivity contribution in [3.05, 3.63) is 82.6 Å². The van der Waals surface area contributed by atoms with Crippen LogP contribution in [-0.4, -0.2) is 67.1 Å². The second-order valence-corrected chi connectivity index (χ2v) is 15.2. The molecule has 3 aliphatic rings. The minimum absolute atomic E-state index is 0.0599. The molecule has 2 aliphatic heterocycles. The van der Waals surface area contributed by atoms with Crippen LogP contribution in [0.15, 0.2) is 65.3 Å². The number of fused-ring (bicyclic) bond motifs is 5. The summed E-state index contributed by atoms with van der Waals surface area (Å²) in [4.78, 5) is 33.8. The lowest BCUT2D eigenvalue weighted by Gasteiger charge is -2.35. The first-order valence-electron chi connectivity index (χ1n) is 17.0. The number of aryl methyl sites for hydroxylation is 1. The second-order valence-electron chi connectivity index (χ2n) is 13.6. The van der Waals surface area contributed by atoms with Gasteiger partial charge in [-0.15, -0.1) is 0 Å². The van der Waals surface area contributed by atoms with Gasteiger partial charge in [-0.05, 0) is 98.7 Å². The Morgan fingerprint density at radius 2 is 1.73 bits per heavy atom. The van der Waals surface area contributed by atoms with Crippen molar-refractivity contribution in [2.45, 2.75) is 82.6 Å². The molecule has 2 amide bonds. The highest BCUT2D eigenvalue weighted by Crippen LogP contribution is 2.47. The van der Waals surface area contributed by atoms with Crippen LogP contribution in [-0.2, 0) is 26.1 Å². The summed E-state index contributed by atoms with van der Waals surface area (Å²) >= 11 is 0. The Hall–Kier alpha value is -4.48. The van der Waals surface area contributed by atoms with Crippen molar-refractivity contribution >= 4 is 38.8 Å². The van der Waals surface area contributed by atoms with Gasteiger partial charge in [0, 0.05) is 46.9 Å². The van der Waals surface area contributed by atoms with E-state index in [-0.39, 0.29) is 35.2 Å². The number of methoxy groups -OCH3 is 1. The molecule has 11 heteroatoms. The van der Waals surface area contributed by atoms with E-state index in [0.29, 0.717) is 30.3 Å². The molecule has 2 fully saturated rings. The molecule has 4 heterocycles. The van der Waals surface area contributed by atoms with E-state index in [1.807, 2.05) is 49.9 Å². The summed E-state index contributed by atoms with van der Waals surface area (Å²) in [5.74, 6) is 0.187. The first-order valence-corrected chi connectivity index (χ1v) is 18.5. The predicted molar refractivity (Wildman–Crippen MR) is 188 cm³/mol. The second kappa shape index (κ2) is 13.1. The number of ether oxygens (including phenoxy) is 2. The molecule has 1 saturated heterocycles. The highest BCUT2D eigenvalue weighted by atomic mass is 32.2. The lowest BCUT2D eigenvalue weighted by molar-refractivity contribution is -0.139. The van der Waals surface area contributed by atoms with E-state index in [1.54, 1.807) is 25.3 Å². The predicted octanol–water partition coefficient (Wildman–Crippen LogP) is 6.22. The molecule has 1 aliphatic carbocycles. The zero-order valence-corrected chi connectivity index (χ0v) is 29.2. The quantitative estimate of drug-likeness (QED) is 0.257. The van der Waals surface area contributed by atoms with Gasteiger partial charge >= 0.3 is 0 Å². The van der Waals surface area contributed by atoms with E-state index in [9.17, 15) is 18.0 Å². The first-order chi connectivity index (χ1) is 23.5. The molecule has 1 saturated carbocycles. The zero-order chi connectivity index (χ0) is 34.4. The van der Waals surface area contributed by atoms with Gasteiger partial charge in [0.2, 0.25) is 0 Å². The lowest BCUT2D eigenvalue weighted by atomic mass is 9.81. The number of pyridine rings is 1. The van der Waals surface area contributed by atoms with Crippen molar-refractivity contribution in [2.75, 3.05) is 20.2 Å². The minimum atomic E-state index is -4.20. The monoisotopic (exact) mass is 682 g/mol. The Morgan fingerprint density at radius 1 is 0.980 bits per heavy atom. The largest absolute Gasteiger partial charge is 0.497 e. The molecule has 0 bridgehead atoms. The summed E-state index contributed by atoms with van der Waals surface area (Å²) in [5, 5.41) is 0.779. The number of nitrogens with one attached hydrogen (secondary N) is 1. The molecule has 4 aromatic rings. The first kappa shape index (κ1) is 33.0. The number of hydrogen-bond acceptors (Lipinski definition) is 7. The molecule has 2 aromatic carbocycles. The Kier molecular flexibility index (Phi) is 8.83. The number of nitrogens with zero attached hydrogens (tertiary/aromatic N) is 3. The fourth-order valence-corrected chi connectivity index (χ4v) is 8.61. The fourth-order valence-electron chi connectivity index (χ4n) is 7.71. The van der Waals surface area contributed by atoms with Crippen molar-refractivity contribution < 1.29 is 27.5 Å². The van der Waals surface area contributed by atoms with Crippen LogP contribution >= 0.6 is 0 Å². The van der Waals surface area contributed by atoms with E-state index < -0.39 is 15.9 Å². The van der Waals surface area contributed by atoms with E-state index in [1.165, 1.54) is 24.2 Å². The molecule has 49 heavy (non-hydrogen) atoms. The summed E-state index contributed by atoms with van der Waals surface area (Å²) in [6, 6.07) is 14.4. The summed E-state index contributed by atoms with van der Waals surface area (Å²) in [6.45, 7) is 7.04. The highest BCUT2D eigenvalue weighted by molar-refractivity contribution is 7.90. The molecule has 2 atom stereocenters. The topological polar surface area (TPSA) is 120 Å². The van der Waals surface area contributed by atoms with Crippen molar-refractivity contribution in [1.29, 1.82) is 0 Å². The Labute approximate surface area is 287 Å². The Balaban J connectivity index is 1.38. The SMILES string of the molecule is COc1ccc2c(c1)C=C(C(=O)N1C[C@@H](C)O[C@@H](C)C1)Cn1c-2c(C2CCCCC2)c2ccc(C(=O)NS(=O)(=O)c3ccc(C)cn3)cc21. The van der Waals surface area contributed by atoms with Crippen LogP contribution in [0.1, 0.15) is 78.9 Å². The maximum absolute atomic E-state index is 14.3. The maximum Gasteiger partial charge on any atom is 0.281 e. The van der Waals surface area contributed by atoms with Gasteiger partial charge < -0.3 is 18.9 Å². The third-order valence-electron chi connectivity index (χ3n) is 9.92. The van der Waals surface area contributed by atoms with Crippen LogP contribution < -0.4 is 9.46 Å². The minimum Gasteiger partial charge on any atom is -0.497 e. The fraction of sp³-hybridized carbons (Fsp3) is 0.395. The highest BCUT2D eigenvalue weighted by Gasteiger charge is 2.33. The summed E-state index contributed by atoms with van der Waals surface area (Å²) in [6.07, 6.45) is 8.82. The molecule has 10 nitrogen and oxygen atoms in total. The van der Waals surface area contributed by atoms with Crippen LogP contribution in [0.2, 0.25) is 0 Å². The Bertz CT molecular complexity index is 2070. The smallest absolute Gasteiger partial charge is 0.281 e. The summed E-state index contributed by atoms with van der Waals surface area (Å²) in [7, 11) is -2.56. The molecule has 0 unspecified atom stereocenters. The molecular weight excluding hydrogens is 641 g/mol. The average Bonchev–Trinajstić information content (AvgIpc) is 3.30. The molecule has 2 aromatic heterocycles. The van der Waals surface area contributed by atoms with Gasteiger partial charge in [-0.3, -0.25) is 9.59 Å². The van der Waals surface area contributed by atoms with E-state index >= 15 is 0 Å². The number of morpholine rings is 1. The van der Waals surface area contributed by atoms with E-state index in [4.69, 9.17) is 9.47 Å². The van der Waals surface area contributed by atoms with E-state index in [0.717, 1.165) is 59.0 Å². The van der Waals surface area contributed by atoms with Gasteiger partial charge in [0.15, 0.2) is 5.03 Å². The zero-order valence-electron chi connectivity index (χ0n) is 28.4. The number of aromatic nitrogens is 2. The van der Waals surface area contributed by atoms with Crippen molar-refractivity contribution in [3.63, 3.8) is 0 Å². The van der Waals surface area contributed by atoms with Crippen molar-refractivity contribution in [2.24, 2.45) is 0 Å². The molecule has 256 valence electrons. The number of sulfonamides is 1. The third kappa shape index (κ3) is 6.37. The molecule has 1 N–H and O–H groups in total. The van der Waals surface area contributed by atoms with Crippen LogP contribution in [0.4, 0.5) is 0 Å². The van der Waals surface area contributed by atoms with Gasteiger partial charge in [-0.25, -0.2) is 9.71 Å². The maximum atomic E-state index is 14.3. The molecule has 7 rings (SSSR count). The van der Waals surface area contributed by atoms with Crippen LogP contribution in [0.25, 0.3) is 28.2 Å². The van der Waals surface area contributed by atoms with Gasteiger partial charge in [0.25, 0.3) is 21.8 Å². The van der Waals surface area contributed by atoms with Gasteiger partial charge in [-0.2, -0.15) is 8.42 Å². The number of benzene rings is 2. The van der Waals surface area contributed by atoms with Gasteiger partial charge in [0.1, 0.15) is 5.75 Å². The number of carbonyl (C=O) groups excluding carboxylic acids is 2. The number of amides is 2. The molecule has 0 radical (unpaired) electrons. The van der Waals surface area contributed by atoms with Crippen molar-refractivity contribution in [3.8, 4) is 17.0 Å². The summed E-state index contributed by atoms with van der Waals surface area (Å²) in [5.41, 5.74) is 6.52. The van der Waals surface area contributed by atoms with Gasteiger partial charge in [0.05, 0.1) is 31.6 Å². The van der Waals surface area contributed by atoms with Crippen molar-refractivity contribution in [1.82, 2.24) is 19.2 Å². The van der Waals surface area contributed by atoms with Crippen LogP contribution in [0.3, 0.4) is 0 Å². The Morgan fingerprint density at radius 3 is 2.43 bits per heavy atom. The number of hydrogen-bond donors (Lipinski definition) is 1. The van der Waals surface area contributed by atoms with E-state index in [2.05, 4.69) is 20.3 Å². The van der Waals surface area contributed by atoms with Crippen LogP contribution in [0.5, 0.6) is 5.75 Å². The van der Waals surface area contributed by atoms with Gasteiger partial charge in [-0.1, -0.05) is 31.4 Å². The van der Waals surface area contributed by atoms with Crippen LogP contribution in [0, 0.1) is 6.92 Å². The number of rotatable bonds is 6. The molecular formula is C38H42N4O6S. The average molecular weight is 683 g/mol. The third-order valence-corrected chi connectivity index (χ3v) is 11.2. The lowest BCUT2D eigenvalue weighted by Crippen LogP contribution is -2.48. The number of carbonyl (C=O) groups is 2.